The predicted octanol–water partition coefficient (Wildman–Crippen LogP) is 1.64. The highest BCUT2D eigenvalue weighted by Crippen LogP contribution is 2.06. The zero-order chi connectivity index (χ0) is 13.7. The quantitative estimate of drug-likeness (QED) is 0.878. The van der Waals surface area contributed by atoms with Crippen molar-refractivity contribution in [1.29, 1.82) is 0 Å². The molecule has 0 atom stereocenters. The lowest BCUT2D eigenvalue weighted by Crippen LogP contribution is -2.23. The molecule has 2 rings (SSSR count). The van der Waals surface area contributed by atoms with Crippen molar-refractivity contribution in [2.45, 2.75) is 13.2 Å². The molecule has 1 heterocycles. The highest BCUT2D eigenvalue weighted by molar-refractivity contribution is 5.93. The van der Waals surface area contributed by atoms with E-state index in [1.54, 1.807) is 18.2 Å². The first-order chi connectivity index (χ1) is 9.19. The second-order valence-corrected chi connectivity index (χ2v) is 4.05. The van der Waals surface area contributed by atoms with Gasteiger partial charge in [-0.05, 0) is 17.2 Å². The number of benzene rings is 1. The summed E-state index contributed by atoms with van der Waals surface area (Å²) in [6.45, 7) is 0.263. The van der Waals surface area contributed by atoms with Gasteiger partial charge in [-0.25, -0.2) is 4.39 Å². The SMILES string of the molecule is O=C(NCc1cccc(CO)c1)c1cncc(F)c1. The Kier molecular flexibility index (Phi) is 4.20. The topological polar surface area (TPSA) is 62.2 Å². The summed E-state index contributed by atoms with van der Waals surface area (Å²) in [6, 6.07) is 8.36. The number of carbonyl (C=O) groups excluding carboxylic acids is 1. The van der Waals surface area contributed by atoms with Crippen LogP contribution in [-0.4, -0.2) is 16.0 Å². The summed E-state index contributed by atoms with van der Waals surface area (Å²) in [5.74, 6) is -0.934. The normalized spacial score (nSPS) is 10.2. The molecule has 4 nitrogen and oxygen atoms in total. The Hall–Kier alpha value is -2.27. The van der Waals surface area contributed by atoms with Crippen LogP contribution >= 0.6 is 0 Å². The van der Waals surface area contributed by atoms with Gasteiger partial charge in [0.1, 0.15) is 5.82 Å². The van der Waals surface area contributed by atoms with E-state index in [0.717, 1.165) is 23.4 Å². The molecule has 1 aromatic carbocycles. The first-order valence-electron chi connectivity index (χ1n) is 5.76. The molecule has 0 fully saturated rings. The highest BCUT2D eigenvalue weighted by Gasteiger charge is 2.06. The van der Waals surface area contributed by atoms with Crippen LogP contribution in [0.2, 0.25) is 0 Å². The molecule has 2 aromatic rings. The number of aliphatic hydroxyl groups is 1. The van der Waals surface area contributed by atoms with Crippen LogP contribution in [0.25, 0.3) is 0 Å². The number of carbonyl (C=O) groups is 1. The van der Waals surface area contributed by atoms with Gasteiger partial charge in [-0.2, -0.15) is 0 Å². The molecule has 98 valence electrons. The summed E-state index contributed by atoms with van der Waals surface area (Å²) in [6.07, 6.45) is 2.35. The van der Waals surface area contributed by atoms with Crippen molar-refractivity contribution in [3.63, 3.8) is 0 Å². The fourth-order valence-corrected chi connectivity index (χ4v) is 1.66. The highest BCUT2D eigenvalue weighted by atomic mass is 19.1. The molecule has 19 heavy (non-hydrogen) atoms. The summed E-state index contributed by atoms with van der Waals surface area (Å²) in [4.78, 5) is 15.4. The van der Waals surface area contributed by atoms with Crippen LogP contribution in [0.4, 0.5) is 4.39 Å². The van der Waals surface area contributed by atoms with Crippen LogP contribution in [0.5, 0.6) is 0 Å². The van der Waals surface area contributed by atoms with Crippen molar-refractivity contribution in [3.8, 4) is 0 Å². The number of rotatable bonds is 4. The molecule has 0 saturated heterocycles. The number of nitrogens with zero attached hydrogens (tertiary/aromatic N) is 1. The van der Waals surface area contributed by atoms with Crippen molar-refractivity contribution in [1.82, 2.24) is 10.3 Å². The summed E-state index contributed by atoms with van der Waals surface area (Å²) >= 11 is 0. The summed E-state index contributed by atoms with van der Waals surface area (Å²) in [5.41, 5.74) is 1.82. The molecule has 0 unspecified atom stereocenters. The maximum Gasteiger partial charge on any atom is 0.253 e. The lowest BCUT2D eigenvalue weighted by atomic mass is 10.1. The molecule has 5 heteroatoms. The smallest absolute Gasteiger partial charge is 0.253 e. The molecule has 0 bridgehead atoms. The van der Waals surface area contributed by atoms with E-state index in [-0.39, 0.29) is 18.1 Å². The molecule has 0 radical (unpaired) electrons. The van der Waals surface area contributed by atoms with Crippen LogP contribution in [-0.2, 0) is 13.2 Å². The van der Waals surface area contributed by atoms with Crippen molar-refractivity contribution in [2.75, 3.05) is 0 Å². The number of pyridine rings is 1. The number of nitrogens with one attached hydrogen (secondary N) is 1. The molecular weight excluding hydrogens is 247 g/mol. The Bertz CT molecular complexity index is 587. The third kappa shape index (κ3) is 3.59. The Morgan fingerprint density at radius 1 is 1.26 bits per heavy atom. The second-order valence-electron chi connectivity index (χ2n) is 4.05. The molecule has 1 aromatic heterocycles. The van der Waals surface area contributed by atoms with E-state index in [1.807, 2.05) is 6.07 Å². The van der Waals surface area contributed by atoms with E-state index in [9.17, 15) is 9.18 Å². The second kappa shape index (κ2) is 6.06. The Balaban J connectivity index is 2.00. The van der Waals surface area contributed by atoms with Crippen LogP contribution < -0.4 is 5.32 Å². The molecule has 0 spiro atoms. The fourth-order valence-electron chi connectivity index (χ4n) is 1.66. The number of amides is 1. The maximum absolute atomic E-state index is 12.9. The van der Waals surface area contributed by atoms with E-state index in [2.05, 4.69) is 10.3 Å². The fraction of sp³-hybridized carbons (Fsp3) is 0.143. The van der Waals surface area contributed by atoms with Gasteiger partial charge < -0.3 is 10.4 Å². The maximum atomic E-state index is 12.9. The lowest BCUT2D eigenvalue weighted by molar-refractivity contribution is 0.0950. The molecule has 1 amide bonds. The minimum atomic E-state index is -0.546. The zero-order valence-electron chi connectivity index (χ0n) is 10.1. The van der Waals surface area contributed by atoms with Gasteiger partial charge in [0.05, 0.1) is 18.4 Å². The molecule has 2 N–H and O–H groups in total. The van der Waals surface area contributed by atoms with Gasteiger partial charge in [0.2, 0.25) is 0 Å². The van der Waals surface area contributed by atoms with Gasteiger partial charge >= 0.3 is 0 Å². The van der Waals surface area contributed by atoms with Gasteiger partial charge in [0.25, 0.3) is 5.91 Å². The largest absolute Gasteiger partial charge is 0.392 e. The van der Waals surface area contributed by atoms with Crippen molar-refractivity contribution in [3.05, 3.63) is 65.2 Å². The van der Waals surface area contributed by atoms with Crippen LogP contribution in [0.1, 0.15) is 21.5 Å². The molecule has 0 saturated carbocycles. The third-order valence-electron chi connectivity index (χ3n) is 2.59. The lowest BCUT2D eigenvalue weighted by Gasteiger charge is -2.06. The predicted molar refractivity (Wildman–Crippen MR) is 67.7 cm³/mol. The summed E-state index contributed by atoms with van der Waals surface area (Å²) in [5, 5.41) is 11.7. The molecular formula is C14H13FN2O2. The van der Waals surface area contributed by atoms with Crippen molar-refractivity contribution < 1.29 is 14.3 Å². The van der Waals surface area contributed by atoms with E-state index in [1.165, 1.54) is 6.20 Å². The molecule has 0 aliphatic carbocycles. The van der Waals surface area contributed by atoms with Gasteiger partial charge in [0, 0.05) is 12.7 Å². The third-order valence-corrected chi connectivity index (χ3v) is 2.59. The van der Waals surface area contributed by atoms with E-state index < -0.39 is 5.82 Å². The number of hydrogen-bond donors (Lipinski definition) is 2. The number of aromatic nitrogens is 1. The Morgan fingerprint density at radius 2 is 2.05 bits per heavy atom. The van der Waals surface area contributed by atoms with Gasteiger partial charge in [-0.15, -0.1) is 0 Å². The van der Waals surface area contributed by atoms with E-state index in [4.69, 9.17) is 5.11 Å². The first-order valence-corrected chi connectivity index (χ1v) is 5.76. The van der Waals surface area contributed by atoms with Crippen LogP contribution in [0.3, 0.4) is 0 Å². The van der Waals surface area contributed by atoms with E-state index in [0.29, 0.717) is 6.54 Å². The summed E-state index contributed by atoms with van der Waals surface area (Å²) in [7, 11) is 0. The minimum Gasteiger partial charge on any atom is -0.392 e. The summed E-state index contributed by atoms with van der Waals surface area (Å²) < 4.78 is 12.9. The zero-order valence-corrected chi connectivity index (χ0v) is 10.1. The first kappa shape index (κ1) is 13.2. The van der Waals surface area contributed by atoms with Crippen LogP contribution in [0.15, 0.2) is 42.7 Å². The average molecular weight is 260 g/mol. The van der Waals surface area contributed by atoms with Crippen LogP contribution in [0, 0.1) is 5.82 Å². The Morgan fingerprint density at radius 3 is 2.79 bits per heavy atom. The van der Waals surface area contributed by atoms with Gasteiger partial charge in [-0.3, -0.25) is 9.78 Å². The monoisotopic (exact) mass is 260 g/mol. The number of halogens is 1. The standard InChI is InChI=1S/C14H13FN2O2/c15-13-5-12(7-16-8-13)14(19)17-6-10-2-1-3-11(4-10)9-18/h1-5,7-8,18H,6,9H2,(H,17,19). The Labute approximate surface area is 109 Å². The van der Waals surface area contributed by atoms with E-state index >= 15 is 0 Å². The average Bonchev–Trinajstić information content (AvgIpc) is 2.45. The van der Waals surface area contributed by atoms with Crippen molar-refractivity contribution >= 4 is 5.91 Å². The van der Waals surface area contributed by atoms with Crippen molar-refractivity contribution in [2.24, 2.45) is 0 Å². The molecule has 0 aliphatic heterocycles. The minimum absolute atomic E-state index is 0.0460. The number of aliphatic hydroxyl groups excluding tert-OH is 1. The van der Waals surface area contributed by atoms with Gasteiger partial charge in [0.15, 0.2) is 0 Å². The number of hydrogen-bond acceptors (Lipinski definition) is 3. The van der Waals surface area contributed by atoms with Gasteiger partial charge in [-0.1, -0.05) is 24.3 Å². The molecule has 0 aliphatic rings.